The van der Waals surface area contributed by atoms with Crippen molar-refractivity contribution in [3.8, 4) is 0 Å². The lowest BCUT2D eigenvalue weighted by atomic mass is 10.2. The Morgan fingerprint density at radius 3 is 2.52 bits per heavy atom. The van der Waals surface area contributed by atoms with Gasteiger partial charge in [-0.3, -0.25) is 9.48 Å². The second kappa shape index (κ2) is 7.49. The average Bonchev–Trinajstić information content (AvgIpc) is 2.76. The zero-order valence-electron chi connectivity index (χ0n) is 13.2. The van der Waals surface area contributed by atoms with Crippen LogP contribution in [-0.2, 0) is 13.2 Å². The summed E-state index contributed by atoms with van der Waals surface area (Å²) in [5.74, 6) is -0.302. The Bertz CT molecular complexity index is 792. The maximum Gasteiger partial charge on any atom is 0.417 e. The predicted molar refractivity (Wildman–Crippen MR) is 88.0 cm³/mol. The number of carbonyl (C=O) groups is 1. The van der Waals surface area contributed by atoms with E-state index in [-0.39, 0.29) is 34.6 Å². The quantitative estimate of drug-likeness (QED) is 0.761. The highest BCUT2D eigenvalue weighted by atomic mass is 35.5. The molecular formula is C14H14Cl2F3N5O. The largest absolute Gasteiger partial charge is 0.417 e. The molecule has 2 N–H and O–H groups in total. The van der Waals surface area contributed by atoms with Crippen LogP contribution in [0.4, 0.5) is 19.0 Å². The summed E-state index contributed by atoms with van der Waals surface area (Å²) in [5, 5.41) is 9.48. The maximum atomic E-state index is 12.5. The number of hydrogen-bond donors (Lipinski definition) is 2. The van der Waals surface area contributed by atoms with Gasteiger partial charge in [-0.1, -0.05) is 23.2 Å². The van der Waals surface area contributed by atoms with Gasteiger partial charge in [0, 0.05) is 26.3 Å². The third-order valence-corrected chi connectivity index (χ3v) is 3.97. The van der Waals surface area contributed by atoms with Gasteiger partial charge in [-0.25, -0.2) is 4.98 Å². The van der Waals surface area contributed by atoms with Gasteiger partial charge in [-0.15, -0.1) is 0 Å². The van der Waals surface area contributed by atoms with Gasteiger partial charge >= 0.3 is 6.18 Å². The van der Waals surface area contributed by atoms with Crippen LogP contribution in [-0.4, -0.2) is 33.8 Å². The zero-order chi connectivity index (χ0) is 18.8. The van der Waals surface area contributed by atoms with E-state index in [2.05, 4.69) is 20.7 Å². The molecule has 0 fully saturated rings. The lowest BCUT2D eigenvalue weighted by Crippen LogP contribution is -2.29. The van der Waals surface area contributed by atoms with E-state index in [1.54, 1.807) is 14.0 Å². The molecule has 0 unspecified atom stereocenters. The summed E-state index contributed by atoms with van der Waals surface area (Å²) < 4.78 is 39.0. The number of pyridine rings is 1. The normalized spacial score (nSPS) is 11.5. The molecule has 2 heterocycles. The topological polar surface area (TPSA) is 71.8 Å². The van der Waals surface area contributed by atoms with E-state index < -0.39 is 17.6 Å². The lowest BCUT2D eigenvalue weighted by molar-refractivity contribution is -0.137. The molecule has 2 aromatic heterocycles. The van der Waals surface area contributed by atoms with Crippen LogP contribution in [0.5, 0.6) is 0 Å². The molecule has 136 valence electrons. The molecule has 25 heavy (non-hydrogen) atoms. The van der Waals surface area contributed by atoms with Crippen LogP contribution in [0, 0.1) is 6.92 Å². The van der Waals surface area contributed by atoms with Crippen molar-refractivity contribution >= 4 is 34.9 Å². The number of hydrogen-bond acceptors (Lipinski definition) is 4. The minimum absolute atomic E-state index is 0.0968. The number of nitrogens with zero attached hydrogens (tertiary/aromatic N) is 3. The molecule has 2 rings (SSSR count). The smallest absolute Gasteiger partial charge is 0.367 e. The lowest BCUT2D eigenvalue weighted by Gasteiger charge is -2.11. The molecule has 6 nitrogen and oxygen atoms in total. The molecule has 0 aliphatic rings. The fraction of sp³-hybridized carbons (Fsp3) is 0.357. The van der Waals surface area contributed by atoms with E-state index >= 15 is 0 Å². The Morgan fingerprint density at radius 1 is 1.32 bits per heavy atom. The summed E-state index contributed by atoms with van der Waals surface area (Å²) in [6.45, 7) is 2.05. The molecule has 0 aromatic carbocycles. The van der Waals surface area contributed by atoms with Crippen molar-refractivity contribution in [1.82, 2.24) is 20.1 Å². The van der Waals surface area contributed by atoms with E-state index in [4.69, 9.17) is 23.2 Å². The number of rotatable bonds is 5. The zero-order valence-corrected chi connectivity index (χ0v) is 14.7. The standard InChI is InChI=1S/C14H14Cl2F3N5O/c1-7-10(11(16)24(2)23-7)13(25)21-4-3-20-12-9(15)5-8(6-22-12)14(17,18)19/h5-6H,3-4H2,1-2H3,(H,20,22)(H,21,25). The fourth-order valence-electron chi connectivity index (χ4n) is 2.06. The molecule has 0 bridgehead atoms. The monoisotopic (exact) mass is 395 g/mol. The Balaban J connectivity index is 1.90. The van der Waals surface area contributed by atoms with Crippen molar-refractivity contribution in [1.29, 1.82) is 0 Å². The molecule has 0 saturated heterocycles. The highest BCUT2D eigenvalue weighted by Crippen LogP contribution is 2.32. The van der Waals surface area contributed by atoms with Crippen LogP contribution in [0.1, 0.15) is 21.6 Å². The van der Waals surface area contributed by atoms with E-state index in [1.807, 2.05) is 0 Å². The minimum atomic E-state index is -4.51. The van der Waals surface area contributed by atoms with Gasteiger partial charge in [0.15, 0.2) is 0 Å². The molecule has 0 atom stereocenters. The third kappa shape index (κ3) is 4.55. The maximum absolute atomic E-state index is 12.5. The molecule has 0 saturated carbocycles. The first-order chi connectivity index (χ1) is 11.6. The van der Waals surface area contributed by atoms with Crippen LogP contribution in [0.15, 0.2) is 12.3 Å². The van der Waals surface area contributed by atoms with E-state index in [0.29, 0.717) is 11.9 Å². The number of carbonyl (C=O) groups excluding carboxylic acids is 1. The summed E-state index contributed by atoms with van der Waals surface area (Å²) in [5.41, 5.74) is -0.168. The molecule has 1 amide bonds. The summed E-state index contributed by atoms with van der Waals surface area (Å²) in [6.07, 6.45) is -3.82. The van der Waals surface area contributed by atoms with Crippen LogP contribution >= 0.6 is 23.2 Å². The molecule has 0 spiro atoms. The summed E-state index contributed by atoms with van der Waals surface area (Å²) >= 11 is 11.8. The minimum Gasteiger partial charge on any atom is -0.367 e. The predicted octanol–water partition coefficient (Wildman–Crippen LogP) is 3.29. The first kappa shape index (κ1) is 19.3. The Kier molecular flexibility index (Phi) is 5.79. The fourth-order valence-corrected chi connectivity index (χ4v) is 2.55. The van der Waals surface area contributed by atoms with Crippen molar-refractivity contribution in [3.05, 3.63) is 39.3 Å². The number of halogens is 5. The highest BCUT2D eigenvalue weighted by molar-refractivity contribution is 6.33. The Labute approximate surface area is 151 Å². The molecular weight excluding hydrogens is 382 g/mol. The number of alkyl halides is 3. The summed E-state index contributed by atoms with van der Waals surface area (Å²) in [6, 6.07) is 0.786. The van der Waals surface area contributed by atoms with Gasteiger partial charge < -0.3 is 10.6 Å². The first-order valence-electron chi connectivity index (χ1n) is 7.05. The van der Waals surface area contributed by atoms with Gasteiger partial charge in [0.25, 0.3) is 5.91 Å². The number of anilines is 1. The van der Waals surface area contributed by atoms with Crippen molar-refractivity contribution < 1.29 is 18.0 Å². The van der Waals surface area contributed by atoms with Gasteiger partial charge in [-0.2, -0.15) is 18.3 Å². The highest BCUT2D eigenvalue weighted by Gasteiger charge is 2.31. The SMILES string of the molecule is Cc1nn(C)c(Cl)c1C(=O)NCCNc1ncc(C(F)(F)F)cc1Cl. The van der Waals surface area contributed by atoms with Gasteiger partial charge in [0.1, 0.15) is 11.0 Å². The van der Waals surface area contributed by atoms with Crippen LogP contribution in [0.2, 0.25) is 10.2 Å². The van der Waals surface area contributed by atoms with E-state index in [9.17, 15) is 18.0 Å². The summed E-state index contributed by atoms with van der Waals surface area (Å²) in [7, 11) is 1.62. The van der Waals surface area contributed by atoms with E-state index in [0.717, 1.165) is 6.07 Å². The number of aryl methyl sites for hydroxylation is 2. The Morgan fingerprint density at radius 2 is 2.00 bits per heavy atom. The number of amides is 1. The number of nitrogens with one attached hydrogen (secondary N) is 2. The number of aromatic nitrogens is 3. The van der Waals surface area contributed by atoms with Gasteiger partial charge in [-0.05, 0) is 13.0 Å². The molecule has 11 heteroatoms. The third-order valence-electron chi connectivity index (χ3n) is 3.25. The first-order valence-corrected chi connectivity index (χ1v) is 7.80. The molecule has 0 aliphatic carbocycles. The Hall–Kier alpha value is -2.00. The van der Waals surface area contributed by atoms with Crippen LogP contribution < -0.4 is 10.6 Å². The molecule has 0 aliphatic heterocycles. The van der Waals surface area contributed by atoms with E-state index in [1.165, 1.54) is 4.68 Å². The van der Waals surface area contributed by atoms with Crippen LogP contribution in [0.25, 0.3) is 0 Å². The van der Waals surface area contributed by atoms with Crippen molar-refractivity contribution in [2.75, 3.05) is 18.4 Å². The molecule has 2 aromatic rings. The summed E-state index contributed by atoms with van der Waals surface area (Å²) in [4.78, 5) is 15.7. The van der Waals surface area contributed by atoms with Crippen molar-refractivity contribution in [2.45, 2.75) is 13.1 Å². The van der Waals surface area contributed by atoms with Crippen molar-refractivity contribution in [3.63, 3.8) is 0 Å². The second-order valence-electron chi connectivity index (χ2n) is 5.11. The van der Waals surface area contributed by atoms with Crippen molar-refractivity contribution in [2.24, 2.45) is 7.05 Å². The van der Waals surface area contributed by atoms with Crippen LogP contribution in [0.3, 0.4) is 0 Å². The second-order valence-corrected chi connectivity index (χ2v) is 5.87. The molecule has 0 radical (unpaired) electrons. The average molecular weight is 396 g/mol. The van der Waals surface area contributed by atoms with Gasteiger partial charge in [0.2, 0.25) is 0 Å². The van der Waals surface area contributed by atoms with Gasteiger partial charge in [0.05, 0.1) is 21.8 Å².